The van der Waals surface area contributed by atoms with Crippen molar-refractivity contribution in [3.8, 4) is 11.5 Å². The van der Waals surface area contributed by atoms with E-state index < -0.39 is 5.97 Å². The van der Waals surface area contributed by atoms with E-state index in [1.54, 1.807) is 42.5 Å². The van der Waals surface area contributed by atoms with Gasteiger partial charge in [0.05, 0.1) is 30.4 Å². The second kappa shape index (κ2) is 7.81. The molecule has 2 aromatic carbocycles. The summed E-state index contributed by atoms with van der Waals surface area (Å²) in [5, 5.41) is 9.88. The molecule has 6 nitrogen and oxygen atoms in total. The third-order valence-corrected chi connectivity index (χ3v) is 5.14. The van der Waals surface area contributed by atoms with Crippen molar-refractivity contribution in [2.75, 3.05) is 19.1 Å². The molecule has 8 heteroatoms. The van der Waals surface area contributed by atoms with Crippen molar-refractivity contribution in [1.29, 1.82) is 0 Å². The number of hydrogen-bond donors (Lipinski definition) is 1. The number of phenolic OH excluding ortho intramolecular Hbond substituents is 1. The molecule has 1 N–H and O–H groups in total. The number of hydrogen-bond acceptors (Lipinski definition) is 7. The fourth-order valence-electron chi connectivity index (χ4n) is 2.50. The summed E-state index contributed by atoms with van der Waals surface area (Å²) in [6.45, 7) is 0. The molecule has 1 saturated heterocycles. The lowest BCUT2D eigenvalue weighted by molar-refractivity contribution is -0.113. The Hall–Kier alpha value is -2.84. The summed E-state index contributed by atoms with van der Waals surface area (Å²) in [7, 11) is 2.77. The number of thioether (sulfide) groups is 1. The molecule has 1 aliphatic heterocycles. The lowest BCUT2D eigenvalue weighted by atomic mass is 10.1. The molecule has 0 unspecified atom stereocenters. The van der Waals surface area contributed by atoms with E-state index >= 15 is 0 Å². The van der Waals surface area contributed by atoms with E-state index in [-0.39, 0.29) is 11.7 Å². The number of rotatable bonds is 4. The van der Waals surface area contributed by atoms with Crippen LogP contribution < -0.4 is 9.64 Å². The van der Waals surface area contributed by atoms with E-state index in [0.29, 0.717) is 31.8 Å². The van der Waals surface area contributed by atoms with Crippen molar-refractivity contribution in [2.24, 2.45) is 0 Å². The number of esters is 1. The first-order valence-corrected chi connectivity index (χ1v) is 9.00. The molecule has 0 radical (unpaired) electrons. The standard InChI is InChI=1S/C19H15NO5S2/c1-24-15-8-3-11(9-14(15)21)10-16-17(22)20(19(26)27-16)13-6-4-12(5-7-13)18(23)25-2/h3-10,21H,1-2H3/b16-10+. The van der Waals surface area contributed by atoms with Crippen LogP contribution in [0.25, 0.3) is 6.08 Å². The van der Waals surface area contributed by atoms with Gasteiger partial charge in [-0.1, -0.05) is 30.0 Å². The zero-order chi connectivity index (χ0) is 19.6. The Bertz CT molecular complexity index is 953. The van der Waals surface area contributed by atoms with Gasteiger partial charge in [-0.05, 0) is 48.0 Å². The number of anilines is 1. The third-order valence-electron chi connectivity index (χ3n) is 3.84. The SMILES string of the molecule is COC(=O)c1ccc(N2C(=O)/C(=C\c3ccc(OC)c(O)c3)SC2=S)cc1. The van der Waals surface area contributed by atoms with Gasteiger partial charge < -0.3 is 14.6 Å². The van der Waals surface area contributed by atoms with Gasteiger partial charge in [-0.25, -0.2) is 4.79 Å². The minimum atomic E-state index is -0.453. The lowest BCUT2D eigenvalue weighted by Crippen LogP contribution is -2.27. The number of amides is 1. The fourth-order valence-corrected chi connectivity index (χ4v) is 3.80. The second-order valence-corrected chi connectivity index (χ2v) is 7.16. The van der Waals surface area contributed by atoms with E-state index in [4.69, 9.17) is 17.0 Å². The second-order valence-electron chi connectivity index (χ2n) is 5.49. The van der Waals surface area contributed by atoms with Crippen LogP contribution in [0.2, 0.25) is 0 Å². The third kappa shape index (κ3) is 3.81. The molecule has 0 aliphatic carbocycles. The van der Waals surface area contributed by atoms with Gasteiger partial charge in [-0.3, -0.25) is 9.69 Å². The molecule has 138 valence electrons. The highest BCUT2D eigenvalue weighted by Gasteiger charge is 2.33. The average Bonchev–Trinajstić information content (AvgIpc) is 2.94. The highest BCUT2D eigenvalue weighted by atomic mass is 32.2. The maximum Gasteiger partial charge on any atom is 0.337 e. The van der Waals surface area contributed by atoms with E-state index in [1.807, 2.05) is 0 Å². The minimum Gasteiger partial charge on any atom is -0.504 e. The predicted molar refractivity (Wildman–Crippen MR) is 108 cm³/mol. The van der Waals surface area contributed by atoms with Gasteiger partial charge in [-0.15, -0.1) is 0 Å². The first-order valence-electron chi connectivity index (χ1n) is 7.78. The normalized spacial score (nSPS) is 15.3. The molecule has 0 spiro atoms. The molecule has 0 bridgehead atoms. The van der Waals surface area contributed by atoms with Crippen LogP contribution in [0.5, 0.6) is 11.5 Å². The molecule has 1 fully saturated rings. The monoisotopic (exact) mass is 401 g/mol. The molecule has 1 aliphatic rings. The van der Waals surface area contributed by atoms with Crippen LogP contribution >= 0.6 is 24.0 Å². The van der Waals surface area contributed by atoms with Crippen LogP contribution in [0.4, 0.5) is 5.69 Å². The Balaban J connectivity index is 1.86. The van der Waals surface area contributed by atoms with Crippen molar-refractivity contribution >= 4 is 51.9 Å². The van der Waals surface area contributed by atoms with Crippen LogP contribution in [0.3, 0.4) is 0 Å². The molecule has 27 heavy (non-hydrogen) atoms. The maximum atomic E-state index is 12.8. The van der Waals surface area contributed by atoms with Gasteiger partial charge >= 0.3 is 5.97 Å². The van der Waals surface area contributed by atoms with Crippen LogP contribution in [-0.2, 0) is 9.53 Å². The van der Waals surface area contributed by atoms with Gasteiger partial charge in [0.1, 0.15) is 0 Å². The number of carbonyl (C=O) groups excluding carboxylic acids is 2. The molecule has 1 heterocycles. The van der Waals surface area contributed by atoms with Crippen molar-refractivity contribution < 1.29 is 24.2 Å². The number of phenols is 1. The first-order chi connectivity index (χ1) is 12.9. The predicted octanol–water partition coefficient (Wildman–Crippen LogP) is 3.59. The molecule has 0 atom stereocenters. The Labute approximate surface area is 165 Å². The summed E-state index contributed by atoms with van der Waals surface area (Å²) in [5.74, 6) is -0.386. The molecule has 0 saturated carbocycles. The Kier molecular flexibility index (Phi) is 5.48. The number of benzene rings is 2. The van der Waals surface area contributed by atoms with E-state index in [2.05, 4.69) is 4.74 Å². The number of ether oxygens (including phenoxy) is 2. The van der Waals surface area contributed by atoms with E-state index in [1.165, 1.54) is 36.9 Å². The van der Waals surface area contributed by atoms with Gasteiger partial charge in [0.25, 0.3) is 5.91 Å². The zero-order valence-electron chi connectivity index (χ0n) is 14.5. The first kappa shape index (κ1) is 18.9. The lowest BCUT2D eigenvalue weighted by Gasteiger charge is -2.14. The molecule has 3 rings (SSSR count). The van der Waals surface area contributed by atoms with Crippen molar-refractivity contribution in [2.45, 2.75) is 0 Å². The van der Waals surface area contributed by atoms with Gasteiger partial charge in [0.15, 0.2) is 15.8 Å². The van der Waals surface area contributed by atoms with E-state index in [9.17, 15) is 14.7 Å². The summed E-state index contributed by atoms with van der Waals surface area (Å²) in [6, 6.07) is 11.3. The maximum absolute atomic E-state index is 12.8. The number of nitrogens with zero attached hydrogens (tertiary/aromatic N) is 1. The van der Waals surface area contributed by atoms with Crippen LogP contribution in [0.1, 0.15) is 15.9 Å². The number of aromatic hydroxyl groups is 1. The highest BCUT2D eigenvalue weighted by molar-refractivity contribution is 8.27. The van der Waals surface area contributed by atoms with E-state index in [0.717, 1.165) is 0 Å². The van der Waals surface area contributed by atoms with Crippen molar-refractivity contribution in [1.82, 2.24) is 0 Å². The number of carbonyl (C=O) groups is 2. The Morgan fingerprint density at radius 2 is 1.89 bits per heavy atom. The van der Waals surface area contributed by atoms with Crippen molar-refractivity contribution in [3.63, 3.8) is 0 Å². The summed E-state index contributed by atoms with van der Waals surface area (Å²) >= 11 is 6.50. The minimum absolute atomic E-state index is 0.0138. The Morgan fingerprint density at radius 3 is 2.48 bits per heavy atom. The number of thiocarbonyl (C=S) groups is 1. The fraction of sp³-hybridized carbons (Fsp3) is 0.105. The molecular weight excluding hydrogens is 386 g/mol. The highest BCUT2D eigenvalue weighted by Crippen LogP contribution is 2.37. The summed E-state index contributed by atoms with van der Waals surface area (Å²) in [4.78, 5) is 26.1. The van der Waals surface area contributed by atoms with Crippen LogP contribution in [0, 0.1) is 0 Å². The smallest absolute Gasteiger partial charge is 0.337 e. The number of methoxy groups -OCH3 is 2. The Morgan fingerprint density at radius 1 is 1.19 bits per heavy atom. The summed E-state index contributed by atoms with van der Waals surface area (Å²) in [6.07, 6.45) is 1.65. The van der Waals surface area contributed by atoms with Crippen molar-refractivity contribution in [3.05, 3.63) is 58.5 Å². The van der Waals surface area contributed by atoms with Gasteiger partial charge in [0, 0.05) is 0 Å². The summed E-state index contributed by atoms with van der Waals surface area (Å²) in [5.41, 5.74) is 1.59. The molecule has 0 aromatic heterocycles. The van der Waals surface area contributed by atoms with Gasteiger partial charge in [-0.2, -0.15) is 0 Å². The quantitative estimate of drug-likeness (QED) is 0.477. The molecule has 1 amide bonds. The zero-order valence-corrected chi connectivity index (χ0v) is 16.1. The molecule has 2 aromatic rings. The largest absolute Gasteiger partial charge is 0.504 e. The van der Waals surface area contributed by atoms with Crippen LogP contribution in [-0.4, -0.2) is 35.5 Å². The average molecular weight is 401 g/mol. The molecular formula is C19H15NO5S2. The van der Waals surface area contributed by atoms with Crippen LogP contribution in [0.15, 0.2) is 47.4 Å². The topological polar surface area (TPSA) is 76.1 Å². The van der Waals surface area contributed by atoms with Gasteiger partial charge in [0.2, 0.25) is 0 Å². The summed E-state index contributed by atoms with van der Waals surface area (Å²) < 4.78 is 10.1.